The molecule has 0 saturated heterocycles. The van der Waals surface area contributed by atoms with Gasteiger partial charge in [-0.25, -0.2) is 0 Å². The van der Waals surface area contributed by atoms with Gasteiger partial charge in [-0.15, -0.1) is 0 Å². The molecule has 1 aliphatic rings. The molecule has 0 amide bonds. The van der Waals surface area contributed by atoms with Crippen LogP contribution in [0.1, 0.15) is 42.9 Å². The number of anilines is 1. The first-order valence-corrected chi connectivity index (χ1v) is 8.15. The Bertz CT molecular complexity index is 618. The number of benzene rings is 2. The average molecular weight is 293 g/mol. The van der Waals surface area contributed by atoms with E-state index >= 15 is 0 Å². The molecule has 1 unspecified atom stereocenters. The Morgan fingerprint density at radius 3 is 2.41 bits per heavy atom. The van der Waals surface area contributed by atoms with E-state index in [-0.39, 0.29) is 12.0 Å². The normalized spacial score (nSPS) is 19.7. The lowest BCUT2D eigenvalue weighted by Gasteiger charge is -2.31. The first kappa shape index (κ1) is 14.8. The van der Waals surface area contributed by atoms with Gasteiger partial charge in [-0.1, -0.05) is 54.4 Å². The zero-order valence-corrected chi connectivity index (χ0v) is 13.1. The molecule has 2 aromatic carbocycles. The number of carbonyl (C=O) groups is 1. The molecule has 3 rings (SSSR count). The fourth-order valence-electron chi connectivity index (χ4n) is 3.27. The van der Waals surface area contributed by atoms with E-state index in [2.05, 4.69) is 48.6 Å². The van der Waals surface area contributed by atoms with Crippen molar-refractivity contribution in [2.45, 2.75) is 38.6 Å². The van der Waals surface area contributed by atoms with Crippen molar-refractivity contribution in [2.24, 2.45) is 5.92 Å². The Morgan fingerprint density at radius 2 is 1.73 bits per heavy atom. The van der Waals surface area contributed by atoms with Gasteiger partial charge in [0.05, 0.1) is 6.04 Å². The molecule has 0 radical (unpaired) electrons. The Hall–Kier alpha value is -2.09. The Labute approximate surface area is 132 Å². The van der Waals surface area contributed by atoms with Crippen LogP contribution in [0, 0.1) is 12.8 Å². The molecule has 2 aromatic rings. The van der Waals surface area contributed by atoms with Gasteiger partial charge < -0.3 is 5.32 Å². The van der Waals surface area contributed by atoms with Crippen LogP contribution in [0.15, 0.2) is 54.6 Å². The van der Waals surface area contributed by atoms with Gasteiger partial charge in [-0.3, -0.25) is 4.79 Å². The van der Waals surface area contributed by atoms with Crippen molar-refractivity contribution in [3.05, 3.63) is 65.7 Å². The summed E-state index contributed by atoms with van der Waals surface area (Å²) in [5, 5.41) is 3.59. The first-order chi connectivity index (χ1) is 10.7. The third kappa shape index (κ3) is 3.38. The third-order valence-electron chi connectivity index (χ3n) is 4.54. The molecule has 0 heterocycles. The molecule has 1 fully saturated rings. The summed E-state index contributed by atoms with van der Waals surface area (Å²) >= 11 is 0. The third-order valence-corrected chi connectivity index (χ3v) is 4.54. The molecule has 2 heteroatoms. The lowest BCUT2D eigenvalue weighted by molar-refractivity contribution is -0.125. The van der Waals surface area contributed by atoms with Crippen molar-refractivity contribution in [1.82, 2.24) is 0 Å². The van der Waals surface area contributed by atoms with Crippen LogP contribution >= 0.6 is 0 Å². The standard InChI is InChI=1S/C20H23NO/c1-15-11-13-16(14-12-15)20(18-9-5-6-10-19(18)22)21-17-7-3-2-4-8-17/h2-4,7-8,11-14,18,20-21H,5-6,9-10H2,1H3/t18?,20-/m1/s1. The zero-order chi connectivity index (χ0) is 15.4. The Morgan fingerprint density at radius 1 is 1.00 bits per heavy atom. The predicted octanol–water partition coefficient (Wildman–Crippen LogP) is 4.91. The smallest absolute Gasteiger partial charge is 0.138 e. The van der Waals surface area contributed by atoms with Crippen LogP contribution in [-0.4, -0.2) is 5.78 Å². The zero-order valence-electron chi connectivity index (χ0n) is 13.1. The van der Waals surface area contributed by atoms with E-state index in [0.29, 0.717) is 5.78 Å². The van der Waals surface area contributed by atoms with Gasteiger partial charge in [-0.05, 0) is 37.5 Å². The Kier molecular flexibility index (Phi) is 4.57. The highest BCUT2D eigenvalue weighted by molar-refractivity contribution is 5.83. The molecule has 1 aliphatic carbocycles. The van der Waals surface area contributed by atoms with Crippen molar-refractivity contribution in [3.63, 3.8) is 0 Å². The summed E-state index contributed by atoms with van der Waals surface area (Å²) in [6.07, 6.45) is 3.90. The molecule has 0 spiro atoms. The molecule has 0 aromatic heterocycles. The second-order valence-electron chi connectivity index (χ2n) is 6.22. The highest BCUT2D eigenvalue weighted by atomic mass is 16.1. The predicted molar refractivity (Wildman–Crippen MR) is 90.9 cm³/mol. The van der Waals surface area contributed by atoms with Gasteiger partial charge in [0.15, 0.2) is 0 Å². The van der Waals surface area contributed by atoms with Crippen LogP contribution in [0.2, 0.25) is 0 Å². The van der Waals surface area contributed by atoms with Crippen LogP contribution in [-0.2, 0) is 4.79 Å². The largest absolute Gasteiger partial charge is 0.378 e. The molecule has 1 N–H and O–H groups in total. The van der Waals surface area contributed by atoms with Crippen molar-refractivity contribution >= 4 is 11.5 Å². The van der Waals surface area contributed by atoms with Crippen LogP contribution in [0.25, 0.3) is 0 Å². The van der Waals surface area contributed by atoms with E-state index in [9.17, 15) is 4.79 Å². The van der Waals surface area contributed by atoms with E-state index in [1.807, 2.05) is 18.2 Å². The van der Waals surface area contributed by atoms with Crippen LogP contribution < -0.4 is 5.32 Å². The number of hydrogen-bond acceptors (Lipinski definition) is 2. The van der Waals surface area contributed by atoms with E-state index in [0.717, 1.165) is 31.4 Å². The molecular weight excluding hydrogens is 270 g/mol. The minimum atomic E-state index is 0.0656. The second kappa shape index (κ2) is 6.78. The van der Waals surface area contributed by atoms with Crippen molar-refractivity contribution in [3.8, 4) is 0 Å². The maximum atomic E-state index is 12.4. The number of rotatable bonds is 4. The highest BCUT2D eigenvalue weighted by Crippen LogP contribution is 2.34. The van der Waals surface area contributed by atoms with Gasteiger partial charge in [0, 0.05) is 18.0 Å². The number of carbonyl (C=O) groups excluding carboxylic acids is 1. The molecule has 2 atom stereocenters. The summed E-state index contributed by atoms with van der Waals surface area (Å²) in [6.45, 7) is 2.09. The van der Waals surface area contributed by atoms with Gasteiger partial charge in [0.1, 0.15) is 5.78 Å². The summed E-state index contributed by atoms with van der Waals surface area (Å²) in [5.74, 6) is 0.483. The van der Waals surface area contributed by atoms with E-state index in [1.165, 1.54) is 11.1 Å². The summed E-state index contributed by atoms with van der Waals surface area (Å²) < 4.78 is 0. The number of aryl methyl sites for hydroxylation is 1. The number of Topliss-reactive ketones (excluding diaryl/α,β-unsaturated/α-hetero) is 1. The molecule has 22 heavy (non-hydrogen) atoms. The molecule has 114 valence electrons. The van der Waals surface area contributed by atoms with E-state index < -0.39 is 0 Å². The molecular formula is C20H23NO. The van der Waals surface area contributed by atoms with Gasteiger partial charge in [0.25, 0.3) is 0 Å². The van der Waals surface area contributed by atoms with Gasteiger partial charge in [0.2, 0.25) is 0 Å². The molecule has 2 nitrogen and oxygen atoms in total. The van der Waals surface area contributed by atoms with Crippen molar-refractivity contribution in [2.75, 3.05) is 5.32 Å². The first-order valence-electron chi connectivity index (χ1n) is 8.15. The lowest BCUT2D eigenvalue weighted by Crippen LogP contribution is -2.30. The molecule has 1 saturated carbocycles. The summed E-state index contributed by atoms with van der Waals surface area (Å²) in [7, 11) is 0. The maximum absolute atomic E-state index is 12.4. The molecule has 0 bridgehead atoms. The lowest BCUT2D eigenvalue weighted by atomic mass is 9.80. The fourth-order valence-corrected chi connectivity index (χ4v) is 3.27. The summed E-state index contributed by atoms with van der Waals surface area (Å²) in [6, 6.07) is 18.8. The topological polar surface area (TPSA) is 29.1 Å². The number of nitrogens with one attached hydrogen (secondary N) is 1. The summed E-state index contributed by atoms with van der Waals surface area (Å²) in [5.41, 5.74) is 3.53. The summed E-state index contributed by atoms with van der Waals surface area (Å²) in [4.78, 5) is 12.4. The second-order valence-corrected chi connectivity index (χ2v) is 6.22. The monoisotopic (exact) mass is 293 g/mol. The number of ketones is 1. The van der Waals surface area contributed by atoms with Crippen molar-refractivity contribution < 1.29 is 4.79 Å². The van der Waals surface area contributed by atoms with Gasteiger partial charge in [-0.2, -0.15) is 0 Å². The minimum Gasteiger partial charge on any atom is -0.378 e. The number of hydrogen-bond donors (Lipinski definition) is 1. The minimum absolute atomic E-state index is 0.0656. The Balaban J connectivity index is 1.90. The SMILES string of the molecule is Cc1ccc([C@@H](Nc2ccccc2)C2CCCCC2=O)cc1. The van der Waals surface area contributed by atoms with E-state index in [1.54, 1.807) is 0 Å². The van der Waals surface area contributed by atoms with Crippen LogP contribution in [0.4, 0.5) is 5.69 Å². The fraction of sp³-hybridized carbons (Fsp3) is 0.350. The van der Waals surface area contributed by atoms with Crippen molar-refractivity contribution in [1.29, 1.82) is 0 Å². The van der Waals surface area contributed by atoms with E-state index in [4.69, 9.17) is 0 Å². The van der Waals surface area contributed by atoms with Crippen LogP contribution in [0.3, 0.4) is 0 Å². The van der Waals surface area contributed by atoms with Crippen LogP contribution in [0.5, 0.6) is 0 Å². The quantitative estimate of drug-likeness (QED) is 0.868. The highest BCUT2D eigenvalue weighted by Gasteiger charge is 2.31. The number of para-hydroxylation sites is 1. The average Bonchev–Trinajstić information content (AvgIpc) is 2.55. The maximum Gasteiger partial charge on any atom is 0.138 e. The van der Waals surface area contributed by atoms with Gasteiger partial charge >= 0.3 is 0 Å². The molecule has 0 aliphatic heterocycles.